The lowest BCUT2D eigenvalue weighted by Crippen LogP contribution is -1.38. The van der Waals surface area contributed by atoms with Crippen LogP contribution in [0.4, 0.5) is 0 Å². The van der Waals surface area contributed by atoms with Gasteiger partial charge in [-0.15, -0.1) is 0 Å². The Labute approximate surface area is 42.2 Å². The Kier molecular flexibility index (Phi) is 4.00. The van der Waals surface area contributed by atoms with E-state index in [9.17, 15) is 0 Å². The summed E-state index contributed by atoms with van der Waals surface area (Å²) in [6, 6.07) is 0. The van der Waals surface area contributed by atoms with Crippen molar-refractivity contribution in [2.24, 2.45) is 0 Å². The predicted molar refractivity (Wildman–Crippen MR) is 27.2 cm³/mol. The summed E-state index contributed by atoms with van der Waals surface area (Å²) < 4.78 is 8.74. The van der Waals surface area contributed by atoms with Gasteiger partial charge in [-0.1, -0.05) is 12.2 Å². The van der Waals surface area contributed by atoms with E-state index in [1.165, 1.54) is 6.42 Å². The van der Waals surface area contributed by atoms with Crippen LogP contribution in [-0.2, 0) is 4.57 Å². The third-order valence-electron chi connectivity index (χ3n) is 0.236. The summed E-state index contributed by atoms with van der Waals surface area (Å²) in [5, 5.41) is 0. The molecule has 0 spiro atoms. The first-order valence-corrected chi connectivity index (χ1v) is 3.10. The molecule has 1 aliphatic carbocycles. The molecule has 42 valence electrons. The van der Waals surface area contributed by atoms with Crippen molar-refractivity contribution in [1.82, 2.24) is 0 Å². The molecule has 0 heterocycles. The van der Waals surface area contributed by atoms with Crippen molar-refractivity contribution in [2.45, 2.75) is 6.42 Å². The van der Waals surface area contributed by atoms with Crippen molar-refractivity contribution in [1.29, 1.82) is 0 Å². The van der Waals surface area contributed by atoms with E-state index < -0.39 is 8.25 Å². The lowest BCUT2D eigenvalue weighted by atomic mass is 10.9. The Morgan fingerprint density at radius 3 is 1.57 bits per heavy atom. The SMILES string of the molecule is C1=CC1.O=[PH](O)O. The summed E-state index contributed by atoms with van der Waals surface area (Å²) in [6.45, 7) is 0. The van der Waals surface area contributed by atoms with Crippen LogP contribution < -0.4 is 0 Å². The molecule has 0 aromatic rings. The van der Waals surface area contributed by atoms with E-state index >= 15 is 0 Å². The molecule has 0 radical (unpaired) electrons. The van der Waals surface area contributed by atoms with E-state index in [0.717, 1.165) is 0 Å². The van der Waals surface area contributed by atoms with Crippen molar-refractivity contribution in [3.63, 3.8) is 0 Å². The van der Waals surface area contributed by atoms with Crippen LogP contribution in [-0.4, -0.2) is 9.79 Å². The number of allylic oxidation sites excluding steroid dienone is 2. The molecule has 1 rings (SSSR count). The van der Waals surface area contributed by atoms with Gasteiger partial charge in [0.2, 0.25) is 0 Å². The highest BCUT2D eigenvalue weighted by Crippen LogP contribution is 1.98. The Morgan fingerprint density at radius 1 is 1.43 bits per heavy atom. The molecule has 2 N–H and O–H groups in total. The maximum atomic E-state index is 8.74. The van der Waals surface area contributed by atoms with Gasteiger partial charge in [0, 0.05) is 0 Å². The summed E-state index contributed by atoms with van der Waals surface area (Å²) in [6.07, 6.45) is 5.50. The minimum absolute atomic E-state index is 1.25. The molecule has 0 bridgehead atoms. The second-order valence-electron chi connectivity index (χ2n) is 0.990. The normalized spacial score (nSPS) is 13.0. The van der Waals surface area contributed by atoms with Gasteiger partial charge < -0.3 is 9.79 Å². The molecule has 0 unspecified atom stereocenters. The van der Waals surface area contributed by atoms with Crippen molar-refractivity contribution in [2.75, 3.05) is 0 Å². The Bertz CT molecular complexity index is 80.2. The molecule has 0 saturated heterocycles. The largest absolute Gasteiger partial charge is 0.326 e. The average molecular weight is 122 g/mol. The van der Waals surface area contributed by atoms with Gasteiger partial charge in [0.05, 0.1) is 0 Å². The van der Waals surface area contributed by atoms with Gasteiger partial charge in [-0.25, -0.2) is 0 Å². The zero-order valence-corrected chi connectivity index (χ0v) is 4.66. The molecule has 0 saturated carbocycles. The summed E-state index contributed by atoms with van der Waals surface area (Å²) in [4.78, 5) is 14.3. The molecular formula is C3H7O3P. The van der Waals surface area contributed by atoms with Gasteiger partial charge in [0.1, 0.15) is 0 Å². The Balaban J connectivity index is 0.000000105. The molecule has 7 heavy (non-hydrogen) atoms. The van der Waals surface area contributed by atoms with Crippen molar-refractivity contribution in [3.8, 4) is 0 Å². The molecule has 4 heteroatoms. The highest BCUT2D eigenvalue weighted by atomic mass is 31.1. The minimum atomic E-state index is -3.13. The summed E-state index contributed by atoms with van der Waals surface area (Å²) in [7, 11) is -3.13. The van der Waals surface area contributed by atoms with Gasteiger partial charge in [0.25, 0.3) is 0 Å². The first-order chi connectivity index (χ1) is 3.23. The molecule has 1 aliphatic rings. The fourth-order valence-electron chi connectivity index (χ4n) is 0. The zero-order valence-electron chi connectivity index (χ0n) is 3.66. The van der Waals surface area contributed by atoms with Crippen LogP contribution in [0.5, 0.6) is 0 Å². The molecule has 0 amide bonds. The molecular weight excluding hydrogens is 115 g/mol. The first-order valence-electron chi connectivity index (χ1n) is 1.80. The zero-order chi connectivity index (χ0) is 5.70. The fourth-order valence-corrected chi connectivity index (χ4v) is 0. The van der Waals surface area contributed by atoms with Crippen molar-refractivity contribution in [3.05, 3.63) is 12.2 Å². The highest BCUT2D eigenvalue weighted by Gasteiger charge is 1.75. The maximum Gasteiger partial charge on any atom is 0.314 e. The van der Waals surface area contributed by atoms with E-state index in [4.69, 9.17) is 14.4 Å². The third-order valence-corrected chi connectivity index (χ3v) is 0.236. The second kappa shape index (κ2) is 4.06. The maximum absolute atomic E-state index is 8.74. The molecule has 0 atom stereocenters. The van der Waals surface area contributed by atoms with Crippen molar-refractivity contribution < 1.29 is 14.4 Å². The molecule has 0 aromatic carbocycles. The molecule has 0 aliphatic heterocycles. The van der Waals surface area contributed by atoms with Crippen molar-refractivity contribution >= 4 is 8.25 Å². The minimum Gasteiger partial charge on any atom is -0.326 e. The van der Waals surface area contributed by atoms with Crippen LogP contribution in [0, 0.1) is 0 Å². The summed E-state index contributed by atoms with van der Waals surface area (Å²) >= 11 is 0. The van der Waals surface area contributed by atoms with Gasteiger partial charge >= 0.3 is 8.25 Å². The van der Waals surface area contributed by atoms with Gasteiger partial charge in [0.15, 0.2) is 0 Å². The first kappa shape index (κ1) is 6.89. The highest BCUT2D eigenvalue weighted by molar-refractivity contribution is 7.30. The van der Waals surface area contributed by atoms with E-state index in [2.05, 4.69) is 12.2 Å². The van der Waals surface area contributed by atoms with Gasteiger partial charge in [-0.3, -0.25) is 4.57 Å². The Hall–Kier alpha value is -0.110. The molecule has 3 nitrogen and oxygen atoms in total. The lowest BCUT2D eigenvalue weighted by Gasteiger charge is -1.61. The third kappa shape index (κ3) is 113. The standard InChI is InChI=1S/C3H4.H3O3P/c1-2-3-1;1-4(2)3/h1-2H,3H2;4H,(H2,1,2,3). The van der Waals surface area contributed by atoms with E-state index in [1.54, 1.807) is 0 Å². The van der Waals surface area contributed by atoms with Crippen LogP contribution in [0.3, 0.4) is 0 Å². The van der Waals surface area contributed by atoms with Crippen LogP contribution in [0.15, 0.2) is 12.2 Å². The quantitative estimate of drug-likeness (QED) is 0.359. The van der Waals surface area contributed by atoms with Crippen LogP contribution in [0.1, 0.15) is 6.42 Å². The number of rotatable bonds is 0. The van der Waals surface area contributed by atoms with Gasteiger partial charge in [-0.05, 0) is 6.42 Å². The second-order valence-corrected chi connectivity index (χ2v) is 1.55. The van der Waals surface area contributed by atoms with Crippen LogP contribution in [0.2, 0.25) is 0 Å². The molecule has 0 fully saturated rings. The summed E-state index contributed by atoms with van der Waals surface area (Å²) in [5.41, 5.74) is 0. The fraction of sp³-hybridized carbons (Fsp3) is 0.333. The lowest BCUT2D eigenvalue weighted by molar-refractivity contribution is 0.405. The Morgan fingerprint density at radius 2 is 1.57 bits per heavy atom. The number of hydrogen-bond acceptors (Lipinski definition) is 1. The van der Waals surface area contributed by atoms with E-state index in [1.807, 2.05) is 0 Å². The smallest absolute Gasteiger partial charge is 0.314 e. The molecule has 0 aromatic heterocycles. The van der Waals surface area contributed by atoms with Crippen LogP contribution >= 0.6 is 8.25 Å². The summed E-state index contributed by atoms with van der Waals surface area (Å²) in [5.74, 6) is 0. The average Bonchev–Trinajstić information content (AvgIpc) is 2.02. The number of hydrogen-bond donors (Lipinski definition) is 2. The van der Waals surface area contributed by atoms with Gasteiger partial charge in [-0.2, -0.15) is 0 Å². The monoisotopic (exact) mass is 122 g/mol. The topological polar surface area (TPSA) is 57.5 Å². The van der Waals surface area contributed by atoms with E-state index in [0.29, 0.717) is 0 Å². The predicted octanol–water partition coefficient (Wildman–Crippen LogP) is 0.307. The van der Waals surface area contributed by atoms with E-state index in [-0.39, 0.29) is 0 Å². The van der Waals surface area contributed by atoms with Crippen LogP contribution in [0.25, 0.3) is 0 Å².